The number of benzene rings is 2. The van der Waals surface area contributed by atoms with Gasteiger partial charge >= 0.3 is 6.36 Å². The Labute approximate surface area is 206 Å². The van der Waals surface area contributed by atoms with E-state index in [1.807, 2.05) is 26.0 Å². The van der Waals surface area contributed by atoms with E-state index >= 15 is 0 Å². The van der Waals surface area contributed by atoms with E-state index in [-0.39, 0.29) is 29.3 Å². The number of nitrogens with zero attached hydrogens (tertiary/aromatic N) is 3. The standard InChI is InChI=1S/C27H36F3N3O2/c1-26(2,3)21-11-9-20(10-12-21)24-32(6)23(16-17-31(4)5)25(34)33(24)18-15-19-7-13-22(14-8-19)35-27(28,29)30/h7-14,23-24H,15-18H2,1-6H3/t23-,24+/m0/s1. The summed E-state index contributed by atoms with van der Waals surface area (Å²) in [5, 5.41) is 0. The van der Waals surface area contributed by atoms with E-state index in [1.54, 1.807) is 12.1 Å². The molecule has 5 nitrogen and oxygen atoms in total. The number of carbonyl (C=O) groups is 1. The van der Waals surface area contributed by atoms with E-state index in [9.17, 15) is 18.0 Å². The van der Waals surface area contributed by atoms with Crippen LogP contribution in [0.2, 0.25) is 0 Å². The highest BCUT2D eigenvalue weighted by Gasteiger charge is 2.44. The molecule has 2 atom stereocenters. The number of amides is 1. The molecule has 0 aromatic heterocycles. The Kier molecular flexibility index (Phi) is 8.17. The van der Waals surface area contributed by atoms with E-state index in [2.05, 4.69) is 59.6 Å². The van der Waals surface area contributed by atoms with Crippen LogP contribution in [0.3, 0.4) is 0 Å². The Bertz CT molecular complexity index is 983. The molecular formula is C27H36F3N3O2. The zero-order valence-corrected chi connectivity index (χ0v) is 21.4. The van der Waals surface area contributed by atoms with Crippen molar-refractivity contribution in [3.8, 4) is 5.75 Å². The lowest BCUT2D eigenvalue weighted by atomic mass is 9.86. The van der Waals surface area contributed by atoms with Crippen LogP contribution in [0.25, 0.3) is 0 Å². The van der Waals surface area contributed by atoms with E-state index in [0.29, 0.717) is 13.0 Å². The Morgan fingerprint density at radius 2 is 1.57 bits per heavy atom. The lowest BCUT2D eigenvalue weighted by molar-refractivity contribution is -0.274. The average molecular weight is 492 g/mol. The zero-order chi connectivity index (χ0) is 26.0. The maximum Gasteiger partial charge on any atom is 0.573 e. The summed E-state index contributed by atoms with van der Waals surface area (Å²) >= 11 is 0. The topological polar surface area (TPSA) is 36.0 Å². The molecule has 1 aliphatic rings. The van der Waals surface area contributed by atoms with Gasteiger partial charge in [-0.3, -0.25) is 9.69 Å². The van der Waals surface area contributed by atoms with Crippen LogP contribution in [-0.2, 0) is 16.6 Å². The Morgan fingerprint density at radius 1 is 0.971 bits per heavy atom. The summed E-state index contributed by atoms with van der Waals surface area (Å²) in [7, 11) is 5.97. The highest BCUT2D eigenvalue weighted by molar-refractivity contribution is 5.84. The van der Waals surface area contributed by atoms with Crippen LogP contribution in [0.15, 0.2) is 48.5 Å². The number of carbonyl (C=O) groups excluding carboxylic acids is 1. The minimum Gasteiger partial charge on any atom is -0.406 e. The van der Waals surface area contributed by atoms with Gasteiger partial charge in [-0.1, -0.05) is 57.2 Å². The molecule has 8 heteroatoms. The minimum absolute atomic E-state index is 0.0336. The molecule has 35 heavy (non-hydrogen) atoms. The molecular weight excluding hydrogens is 455 g/mol. The molecule has 192 valence electrons. The summed E-state index contributed by atoms with van der Waals surface area (Å²) in [4.78, 5) is 19.6. The number of hydrogen-bond donors (Lipinski definition) is 0. The first kappa shape index (κ1) is 27.0. The van der Waals surface area contributed by atoms with Crippen LogP contribution in [0.5, 0.6) is 5.75 Å². The number of alkyl halides is 3. The number of hydrogen-bond acceptors (Lipinski definition) is 4. The normalized spacial score (nSPS) is 19.6. The molecule has 0 spiro atoms. The molecule has 1 amide bonds. The van der Waals surface area contributed by atoms with Gasteiger partial charge in [-0.05, 0) is 74.8 Å². The first-order valence-corrected chi connectivity index (χ1v) is 11.9. The van der Waals surface area contributed by atoms with Crippen molar-refractivity contribution in [3.63, 3.8) is 0 Å². The van der Waals surface area contributed by atoms with Gasteiger partial charge in [0.05, 0.1) is 6.04 Å². The first-order chi connectivity index (χ1) is 16.3. The monoisotopic (exact) mass is 491 g/mol. The Hall–Kier alpha value is -2.58. The molecule has 3 rings (SSSR count). The molecule has 0 unspecified atom stereocenters. The third-order valence-electron chi connectivity index (χ3n) is 6.46. The Morgan fingerprint density at radius 3 is 2.09 bits per heavy atom. The van der Waals surface area contributed by atoms with E-state index < -0.39 is 6.36 Å². The lowest BCUT2D eigenvalue weighted by Crippen LogP contribution is -2.34. The van der Waals surface area contributed by atoms with Gasteiger partial charge in [-0.15, -0.1) is 13.2 Å². The second kappa shape index (κ2) is 10.6. The van der Waals surface area contributed by atoms with Crippen LogP contribution in [-0.4, -0.2) is 67.2 Å². The largest absolute Gasteiger partial charge is 0.573 e. The quantitative estimate of drug-likeness (QED) is 0.508. The summed E-state index contributed by atoms with van der Waals surface area (Å²) in [6.45, 7) is 7.77. The van der Waals surface area contributed by atoms with Crippen molar-refractivity contribution < 1.29 is 22.7 Å². The first-order valence-electron chi connectivity index (χ1n) is 11.9. The molecule has 0 bridgehead atoms. The van der Waals surface area contributed by atoms with Crippen molar-refractivity contribution in [1.29, 1.82) is 0 Å². The van der Waals surface area contributed by atoms with Gasteiger partial charge in [0.1, 0.15) is 11.9 Å². The van der Waals surface area contributed by atoms with Crippen molar-refractivity contribution in [2.24, 2.45) is 0 Å². The predicted octanol–water partition coefficient (Wildman–Crippen LogP) is 5.22. The van der Waals surface area contributed by atoms with Crippen LogP contribution < -0.4 is 4.74 Å². The molecule has 0 saturated carbocycles. The van der Waals surface area contributed by atoms with Crippen molar-refractivity contribution in [2.45, 2.75) is 57.6 Å². The maximum atomic E-state index is 13.5. The Balaban J connectivity index is 1.80. The fourth-order valence-corrected chi connectivity index (χ4v) is 4.49. The third-order valence-corrected chi connectivity index (χ3v) is 6.46. The van der Waals surface area contributed by atoms with E-state index in [4.69, 9.17) is 0 Å². The molecule has 0 aliphatic carbocycles. The van der Waals surface area contributed by atoms with Gasteiger partial charge in [0.15, 0.2) is 0 Å². The van der Waals surface area contributed by atoms with Gasteiger partial charge in [0.25, 0.3) is 0 Å². The molecule has 1 fully saturated rings. The molecule has 1 aliphatic heterocycles. The summed E-state index contributed by atoms with van der Waals surface area (Å²) in [6.07, 6.45) is -3.66. The van der Waals surface area contributed by atoms with Crippen LogP contribution >= 0.6 is 0 Å². The van der Waals surface area contributed by atoms with Gasteiger partial charge in [0.2, 0.25) is 5.91 Å². The van der Waals surface area contributed by atoms with Gasteiger partial charge in [-0.25, -0.2) is 0 Å². The van der Waals surface area contributed by atoms with Crippen molar-refractivity contribution >= 4 is 5.91 Å². The SMILES string of the molecule is CN(C)CC[C@H]1C(=O)N(CCc2ccc(OC(F)(F)F)cc2)[C@H](c2ccc(C(C)(C)C)cc2)N1C. The second-order valence-corrected chi connectivity index (χ2v) is 10.5. The van der Waals surface area contributed by atoms with Crippen LogP contribution in [0.1, 0.15) is 50.0 Å². The number of ether oxygens (including phenoxy) is 1. The fraction of sp³-hybridized carbons (Fsp3) is 0.519. The molecule has 1 heterocycles. The van der Waals surface area contributed by atoms with E-state index in [0.717, 1.165) is 24.1 Å². The van der Waals surface area contributed by atoms with Gasteiger partial charge < -0.3 is 14.5 Å². The molecule has 0 radical (unpaired) electrons. The number of rotatable bonds is 8. The average Bonchev–Trinajstić information content (AvgIpc) is 2.99. The fourth-order valence-electron chi connectivity index (χ4n) is 4.49. The lowest BCUT2D eigenvalue weighted by Gasteiger charge is -2.30. The van der Waals surface area contributed by atoms with Gasteiger partial charge in [0, 0.05) is 6.54 Å². The highest BCUT2D eigenvalue weighted by atomic mass is 19.4. The van der Waals surface area contributed by atoms with Crippen LogP contribution in [0, 0.1) is 0 Å². The third kappa shape index (κ3) is 6.98. The summed E-state index contributed by atoms with van der Waals surface area (Å²) in [5.74, 6) is -0.171. The van der Waals surface area contributed by atoms with E-state index in [1.165, 1.54) is 17.7 Å². The molecule has 2 aromatic carbocycles. The summed E-state index contributed by atoms with van der Waals surface area (Å²) in [5.41, 5.74) is 3.15. The number of likely N-dealkylation sites (N-methyl/N-ethyl adjacent to an activating group) is 1. The van der Waals surface area contributed by atoms with Crippen molar-refractivity contribution in [1.82, 2.24) is 14.7 Å². The predicted molar refractivity (Wildman–Crippen MR) is 131 cm³/mol. The smallest absolute Gasteiger partial charge is 0.406 e. The molecule has 0 N–H and O–H groups in total. The van der Waals surface area contributed by atoms with Crippen molar-refractivity contribution in [2.75, 3.05) is 34.2 Å². The molecule has 2 aromatic rings. The molecule has 1 saturated heterocycles. The highest BCUT2D eigenvalue weighted by Crippen LogP contribution is 2.36. The number of halogens is 3. The second-order valence-electron chi connectivity index (χ2n) is 10.5. The minimum atomic E-state index is -4.72. The van der Waals surface area contributed by atoms with Crippen LogP contribution in [0.4, 0.5) is 13.2 Å². The van der Waals surface area contributed by atoms with Gasteiger partial charge in [-0.2, -0.15) is 0 Å². The van der Waals surface area contributed by atoms with Crippen molar-refractivity contribution in [3.05, 3.63) is 65.2 Å². The summed E-state index contributed by atoms with van der Waals surface area (Å²) < 4.78 is 41.3. The summed E-state index contributed by atoms with van der Waals surface area (Å²) in [6, 6.07) is 14.1. The zero-order valence-electron chi connectivity index (χ0n) is 21.4. The maximum absolute atomic E-state index is 13.5.